The van der Waals surface area contributed by atoms with Crippen LogP contribution in [0.15, 0.2) is 42.7 Å². The molecule has 1 heterocycles. The Morgan fingerprint density at radius 1 is 1.00 bits per heavy atom. The predicted molar refractivity (Wildman–Crippen MR) is 83.8 cm³/mol. The SMILES string of the molecule is CC.Cc1ccc(N)c(C=N)c1.Cc1ccncc1. The lowest BCUT2D eigenvalue weighted by atomic mass is 10.1. The molecule has 3 heteroatoms. The van der Waals surface area contributed by atoms with Crippen molar-refractivity contribution in [2.24, 2.45) is 0 Å². The van der Waals surface area contributed by atoms with Crippen molar-refractivity contribution in [1.29, 1.82) is 5.41 Å². The van der Waals surface area contributed by atoms with Crippen molar-refractivity contribution in [1.82, 2.24) is 4.98 Å². The molecule has 1 aromatic heterocycles. The topological polar surface area (TPSA) is 62.8 Å². The third-order valence-electron chi connectivity index (χ3n) is 2.24. The van der Waals surface area contributed by atoms with E-state index in [9.17, 15) is 0 Å². The third-order valence-corrected chi connectivity index (χ3v) is 2.24. The fraction of sp³-hybridized carbons (Fsp3) is 0.250. The molecular formula is C16H23N3. The molecule has 0 unspecified atom stereocenters. The van der Waals surface area contributed by atoms with Gasteiger partial charge in [-0.3, -0.25) is 4.98 Å². The van der Waals surface area contributed by atoms with Crippen LogP contribution in [0.5, 0.6) is 0 Å². The molecule has 0 fully saturated rings. The molecule has 2 aromatic rings. The molecule has 0 aliphatic carbocycles. The van der Waals surface area contributed by atoms with E-state index in [0.29, 0.717) is 5.69 Å². The Hall–Kier alpha value is -2.16. The quantitative estimate of drug-likeness (QED) is 0.599. The highest BCUT2D eigenvalue weighted by Gasteiger charge is 1.93. The first-order valence-corrected chi connectivity index (χ1v) is 6.36. The molecule has 2 rings (SSSR count). The number of nitrogens with two attached hydrogens (primary N) is 1. The molecule has 19 heavy (non-hydrogen) atoms. The fourth-order valence-electron chi connectivity index (χ4n) is 1.25. The van der Waals surface area contributed by atoms with E-state index in [4.69, 9.17) is 11.1 Å². The summed E-state index contributed by atoms with van der Waals surface area (Å²) in [6.45, 7) is 8.02. The highest BCUT2D eigenvalue weighted by Crippen LogP contribution is 2.10. The summed E-state index contributed by atoms with van der Waals surface area (Å²) < 4.78 is 0. The van der Waals surface area contributed by atoms with E-state index in [1.165, 1.54) is 11.8 Å². The van der Waals surface area contributed by atoms with Crippen LogP contribution in [0.25, 0.3) is 0 Å². The van der Waals surface area contributed by atoms with Crippen molar-refractivity contribution in [3.63, 3.8) is 0 Å². The molecule has 1 aromatic carbocycles. The zero-order valence-electron chi connectivity index (χ0n) is 12.1. The van der Waals surface area contributed by atoms with E-state index >= 15 is 0 Å². The molecule has 0 saturated carbocycles. The molecule has 0 spiro atoms. The lowest BCUT2D eigenvalue weighted by molar-refractivity contribution is 1.29. The standard InChI is InChI=1S/C8H10N2.C6H7N.C2H6/c1-6-2-3-8(10)7(4-6)5-9;1-6-2-4-7-5-3-6;1-2/h2-5,9H,10H2,1H3;2-5H,1H3;1-2H3. The maximum Gasteiger partial charge on any atom is 0.0403 e. The lowest BCUT2D eigenvalue weighted by Crippen LogP contribution is -1.92. The van der Waals surface area contributed by atoms with Crippen molar-refractivity contribution in [2.75, 3.05) is 5.73 Å². The van der Waals surface area contributed by atoms with Crippen LogP contribution in [0.3, 0.4) is 0 Å². The number of rotatable bonds is 1. The Bertz CT molecular complexity index is 479. The van der Waals surface area contributed by atoms with Crippen LogP contribution >= 0.6 is 0 Å². The second kappa shape index (κ2) is 9.83. The number of anilines is 1. The molecule has 102 valence electrons. The van der Waals surface area contributed by atoms with Gasteiger partial charge >= 0.3 is 0 Å². The summed E-state index contributed by atoms with van der Waals surface area (Å²) >= 11 is 0. The maximum atomic E-state index is 6.98. The summed E-state index contributed by atoms with van der Waals surface area (Å²) in [4.78, 5) is 3.85. The Balaban J connectivity index is 0.000000316. The smallest absolute Gasteiger partial charge is 0.0403 e. The first-order chi connectivity index (χ1) is 9.13. The van der Waals surface area contributed by atoms with E-state index in [2.05, 4.69) is 4.98 Å². The number of aryl methyl sites for hydroxylation is 2. The molecular weight excluding hydrogens is 234 g/mol. The van der Waals surface area contributed by atoms with E-state index in [-0.39, 0.29) is 0 Å². The van der Waals surface area contributed by atoms with Gasteiger partial charge in [0.1, 0.15) is 0 Å². The molecule has 0 atom stereocenters. The Labute approximate surface area is 116 Å². The van der Waals surface area contributed by atoms with Gasteiger partial charge in [-0.05, 0) is 43.7 Å². The van der Waals surface area contributed by atoms with Crippen LogP contribution in [-0.4, -0.2) is 11.2 Å². The first kappa shape index (κ1) is 16.8. The highest BCUT2D eigenvalue weighted by molar-refractivity contribution is 5.84. The Kier molecular flexibility index (Phi) is 8.71. The molecule has 0 amide bonds. The van der Waals surface area contributed by atoms with Gasteiger partial charge in [0.05, 0.1) is 0 Å². The van der Waals surface area contributed by atoms with Gasteiger partial charge in [0.2, 0.25) is 0 Å². The normalized spacial score (nSPS) is 8.42. The molecule has 0 bridgehead atoms. The molecule has 0 aliphatic rings. The van der Waals surface area contributed by atoms with Gasteiger partial charge in [0, 0.05) is 29.9 Å². The number of hydrogen-bond donors (Lipinski definition) is 2. The van der Waals surface area contributed by atoms with Crippen molar-refractivity contribution < 1.29 is 0 Å². The first-order valence-electron chi connectivity index (χ1n) is 6.36. The number of nitrogens with zero attached hydrogens (tertiary/aromatic N) is 1. The Morgan fingerprint density at radius 3 is 1.95 bits per heavy atom. The van der Waals surface area contributed by atoms with Gasteiger partial charge in [0.15, 0.2) is 0 Å². The van der Waals surface area contributed by atoms with Gasteiger partial charge in [-0.2, -0.15) is 0 Å². The molecule has 0 radical (unpaired) electrons. The number of aromatic nitrogens is 1. The number of nitrogens with one attached hydrogen (secondary N) is 1. The molecule has 3 N–H and O–H groups in total. The average Bonchev–Trinajstić information content (AvgIpc) is 2.45. The number of benzene rings is 1. The minimum absolute atomic E-state index is 0.667. The van der Waals surface area contributed by atoms with E-state index < -0.39 is 0 Å². The fourth-order valence-corrected chi connectivity index (χ4v) is 1.25. The minimum Gasteiger partial charge on any atom is -0.398 e. The molecule has 0 saturated heterocycles. The zero-order valence-corrected chi connectivity index (χ0v) is 12.1. The van der Waals surface area contributed by atoms with Crippen LogP contribution < -0.4 is 5.73 Å². The van der Waals surface area contributed by atoms with E-state index in [0.717, 1.165) is 11.1 Å². The predicted octanol–water partition coefficient (Wildman–Crippen LogP) is 3.99. The van der Waals surface area contributed by atoms with Crippen LogP contribution in [0.4, 0.5) is 5.69 Å². The largest absolute Gasteiger partial charge is 0.398 e. The summed E-state index contributed by atoms with van der Waals surface area (Å²) in [7, 11) is 0. The summed E-state index contributed by atoms with van der Waals surface area (Å²) in [5.74, 6) is 0. The van der Waals surface area contributed by atoms with E-state index in [1.807, 2.05) is 58.0 Å². The van der Waals surface area contributed by atoms with Crippen molar-refractivity contribution in [3.05, 3.63) is 59.4 Å². The number of nitrogen functional groups attached to an aromatic ring is 1. The summed E-state index contributed by atoms with van der Waals surface area (Å²) in [6, 6.07) is 9.58. The summed E-state index contributed by atoms with van der Waals surface area (Å²) in [5.41, 5.74) is 9.40. The minimum atomic E-state index is 0.667. The van der Waals surface area contributed by atoms with Gasteiger partial charge in [-0.25, -0.2) is 0 Å². The van der Waals surface area contributed by atoms with Crippen molar-refractivity contribution >= 4 is 11.9 Å². The second-order valence-electron chi connectivity index (χ2n) is 3.80. The lowest BCUT2D eigenvalue weighted by Gasteiger charge is -1.98. The number of pyridine rings is 1. The Morgan fingerprint density at radius 2 is 1.58 bits per heavy atom. The van der Waals surface area contributed by atoms with Crippen LogP contribution in [-0.2, 0) is 0 Å². The third kappa shape index (κ3) is 6.99. The second-order valence-corrected chi connectivity index (χ2v) is 3.80. The maximum absolute atomic E-state index is 6.98. The van der Waals surface area contributed by atoms with E-state index in [1.54, 1.807) is 12.4 Å². The van der Waals surface area contributed by atoms with Gasteiger partial charge in [0.25, 0.3) is 0 Å². The number of hydrogen-bond acceptors (Lipinski definition) is 3. The van der Waals surface area contributed by atoms with Gasteiger partial charge in [-0.15, -0.1) is 0 Å². The van der Waals surface area contributed by atoms with Crippen LogP contribution in [0, 0.1) is 19.3 Å². The van der Waals surface area contributed by atoms with Crippen LogP contribution in [0.1, 0.15) is 30.5 Å². The van der Waals surface area contributed by atoms with Gasteiger partial charge < -0.3 is 11.1 Å². The molecule has 0 aliphatic heterocycles. The van der Waals surface area contributed by atoms with Crippen LogP contribution in [0.2, 0.25) is 0 Å². The zero-order chi connectivity index (χ0) is 14.7. The summed E-state index contributed by atoms with van der Waals surface area (Å²) in [5, 5.41) is 6.98. The van der Waals surface area contributed by atoms with Crippen molar-refractivity contribution in [3.8, 4) is 0 Å². The average molecular weight is 257 g/mol. The molecule has 3 nitrogen and oxygen atoms in total. The van der Waals surface area contributed by atoms with Crippen molar-refractivity contribution in [2.45, 2.75) is 27.7 Å². The highest BCUT2D eigenvalue weighted by atomic mass is 14.6. The monoisotopic (exact) mass is 257 g/mol. The summed E-state index contributed by atoms with van der Waals surface area (Å²) in [6.07, 6.45) is 4.84. The van der Waals surface area contributed by atoms with Gasteiger partial charge in [-0.1, -0.05) is 25.5 Å².